The maximum Gasteiger partial charge on any atom is 0.339 e. The molecule has 22 heavy (non-hydrogen) atoms. The van der Waals surface area contributed by atoms with Crippen LogP contribution in [0.5, 0.6) is 0 Å². The maximum atomic E-state index is 12.8. The van der Waals surface area contributed by atoms with Crippen molar-refractivity contribution < 1.29 is 19.1 Å². The molecule has 0 saturated heterocycles. The summed E-state index contributed by atoms with van der Waals surface area (Å²) in [5.74, 6) is 0.0541. The van der Waals surface area contributed by atoms with Crippen LogP contribution in [0.2, 0.25) is 0 Å². The number of nitrogens with zero attached hydrogens (tertiary/aromatic N) is 1. The lowest BCUT2D eigenvalue weighted by molar-refractivity contribution is -0.144. The van der Waals surface area contributed by atoms with Gasteiger partial charge in [-0.2, -0.15) is 0 Å². The number of carboxylic acids is 1. The Morgan fingerprint density at radius 2 is 1.95 bits per heavy atom. The van der Waals surface area contributed by atoms with Gasteiger partial charge in [0.15, 0.2) is 0 Å². The van der Waals surface area contributed by atoms with Crippen molar-refractivity contribution in [2.45, 2.75) is 58.9 Å². The Morgan fingerprint density at radius 3 is 2.45 bits per heavy atom. The van der Waals surface area contributed by atoms with Crippen LogP contribution in [0, 0.1) is 12.3 Å². The zero-order chi connectivity index (χ0) is 16.3. The highest BCUT2D eigenvalue weighted by molar-refractivity contribution is 5.89. The monoisotopic (exact) mass is 307 g/mol. The summed E-state index contributed by atoms with van der Waals surface area (Å²) in [5, 5.41) is 9.06. The standard InChI is InChI=1S/C17H25NO4/c1-4-17(8-6-5-7-9-17)16(21)18(3)11-13-10-14(15(19)20)12(2)22-13/h10H,4-9,11H2,1-3H3,(H,19,20). The fourth-order valence-corrected chi connectivity index (χ4v) is 3.49. The molecule has 1 N–H and O–H groups in total. The highest BCUT2D eigenvalue weighted by Gasteiger charge is 2.39. The minimum Gasteiger partial charge on any atom is -0.478 e. The van der Waals surface area contributed by atoms with Crippen molar-refractivity contribution in [3.05, 3.63) is 23.2 Å². The summed E-state index contributed by atoms with van der Waals surface area (Å²) in [6.07, 6.45) is 6.17. The van der Waals surface area contributed by atoms with Gasteiger partial charge in [-0.15, -0.1) is 0 Å². The molecule has 1 aromatic heterocycles. The van der Waals surface area contributed by atoms with Crippen LogP contribution in [0.4, 0.5) is 0 Å². The minimum absolute atomic E-state index is 0.153. The fourth-order valence-electron chi connectivity index (χ4n) is 3.49. The first-order valence-corrected chi connectivity index (χ1v) is 7.98. The van der Waals surface area contributed by atoms with Crippen LogP contribution in [-0.2, 0) is 11.3 Å². The van der Waals surface area contributed by atoms with Crippen LogP contribution in [0.25, 0.3) is 0 Å². The third-order valence-electron chi connectivity index (χ3n) is 4.88. The molecule has 1 aromatic rings. The number of aromatic carboxylic acids is 1. The average molecular weight is 307 g/mol. The van der Waals surface area contributed by atoms with Gasteiger partial charge in [0.05, 0.1) is 6.54 Å². The molecule has 5 nitrogen and oxygen atoms in total. The number of amides is 1. The SMILES string of the molecule is CCC1(C(=O)N(C)Cc2cc(C(=O)O)c(C)o2)CCCCC1. The molecule has 0 aromatic carbocycles. The Balaban J connectivity index is 2.10. The van der Waals surface area contributed by atoms with Gasteiger partial charge in [0, 0.05) is 12.5 Å². The van der Waals surface area contributed by atoms with E-state index in [9.17, 15) is 9.59 Å². The van der Waals surface area contributed by atoms with E-state index in [1.807, 2.05) is 0 Å². The van der Waals surface area contributed by atoms with E-state index >= 15 is 0 Å². The van der Waals surface area contributed by atoms with E-state index in [4.69, 9.17) is 9.52 Å². The van der Waals surface area contributed by atoms with Gasteiger partial charge in [0.2, 0.25) is 5.91 Å². The highest BCUT2D eigenvalue weighted by atomic mass is 16.4. The van der Waals surface area contributed by atoms with Crippen LogP contribution in [0.15, 0.2) is 10.5 Å². The van der Waals surface area contributed by atoms with Gasteiger partial charge in [-0.3, -0.25) is 4.79 Å². The quantitative estimate of drug-likeness (QED) is 0.902. The predicted molar refractivity (Wildman–Crippen MR) is 82.7 cm³/mol. The lowest BCUT2D eigenvalue weighted by Crippen LogP contribution is -2.42. The van der Waals surface area contributed by atoms with Crippen LogP contribution < -0.4 is 0 Å². The van der Waals surface area contributed by atoms with Gasteiger partial charge in [-0.05, 0) is 32.3 Å². The Morgan fingerprint density at radius 1 is 1.32 bits per heavy atom. The van der Waals surface area contributed by atoms with Crippen molar-refractivity contribution in [1.29, 1.82) is 0 Å². The van der Waals surface area contributed by atoms with Gasteiger partial charge in [-0.25, -0.2) is 4.79 Å². The zero-order valence-corrected chi connectivity index (χ0v) is 13.6. The normalized spacial score (nSPS) is 17.2. The molecule has 122 valence electrons. The van der Waals surface area contributed by atoms with E-state index in [0.29, 0.717) is 18.1 Å². The van der Waals surface area contributed by atoms with Gasteiger partial charge in [0.25, 0.3) is 0 Å². The summed E-state index contributed by atoms with van der Waals surface area (Å²) in [6.45, 7) is 4.02. The fraction of sp³-hybridized carbons (Fsp3) is 0.647. The van der Waals surface area contributed by atoms with E-state index in [1.165, 1.54) is 12.5 Å². The first-order chi connectivity index (χ1) is 10.4. The predicted octanol–water partition coefficient (Wildman–Crippen LogP) is 3.61. The lowest BCUT2D eigenvalue weighted by atomic mass is 9.71. The van der Waals surface area contributed by atoms with Crippen LogP contribution in [-0.4, -0.2) is 28.9 Å². The van der Waals surface area contributed by atoms with Crippen LogP contribution >= 0.6 is 0 Å². The van der Waals surface area contributed by atoms with Crippen molar-refractivity contribution >= 4 is 11.9 Å². The van der Waals surface area contributed by atoms with E-state index < -0.39 is 5.97 Å². The third-order valence-corrected chi connectivity index (χ3v) is 4.88. The van der Waals surface area contributed by atoms with Gasteiger partial charge in [-0.1, -0.05) is 26.2 Å². The molecule has 1 heterocycles. The Bertz CT molecular complexity index is 555. The lowest BCUT2D eigenvalue weighted by Gasteiger charge is -2.37. The molecule has 0 bridgehead atoms. The number of carboxylic acid groups (broad SMARTS) is 1. The molecule has 0 unspecified atom stereocenters. The highest BCUT2D eigenvalue weighted by Crippen LogP contribution is 2.40. The summed E-state index contributed by atoms with van der Waals surface area (Å²) in [4.78, 5) is 25.6. The minimum atomic E-state index is -1.00. The molecule has 1 amide bonds. The van der Waals surface area contributed by atoms with Crippen molar-refractivity contribution in [2.24, 2.45) is 5.41 Å². The first kappa shape index (κ1) is 16.6. The second-order valence-corrected chi connectivity index (χ2v) is 6.34. The summed E-state index contributed by atoms with van der Waals surface area (Å²) in [6, 6.07) is 1.51. The number of furan rings is 1. The van der Waals surface area contributed by atoms with Crippen molar-refractivity contribution in [3.63, 3.8) is 0 Å². The third kappa shape index (κ3) is 3.18. The van der Waals surface area contributed by atoms with E-state index in [-0.39, 0.29) is 16.9 Å². The summed E-state index contributed by atoms with van der Waals surface area (Å²) < 4.78 is 5.48. The molecule has 1 fully saturated rings. The molecular formula is C17H25NO4. The topological polar surface area (TPSA) is 70.8 Å². The zero-order valence-electron chi connectivity index (χ0n) is 13.6. The summed E-state index contributed by atoms with van der Waals surface area (Å²) in [7, 11) is 1.77. The molecule has 0 spiro atoms. The van der Waals surface area contributed by atoms with Crippen LogP contribution in [0.3, 0.4) is 0 Å². The molecule has 1 aliphatic carbocycles. The first-order valence-electron chi connectivity index (χ1n) is 7.98. The summed E-state index contributed by atoms with van der Waals surface area (Å²) >= 11 is 0. The molecule has 0 atom stereocenters. The molecule has 5 heteroatoms. The molecule has 1 saturated carbocycles. The number of aryl methyl sites for hydroxylation is 1. The van der Waals surface area contributed by atoms with Crippen molar-refractivity contribution in [2.75, 3.05) is 7.05 Å². The number of carbonyl (C=O) groups excluding carboxylic acids is 1. The van der Waals surface area contributed by atoms with Gasteiger partial charge >= 0.3 is 5.97 Å². The Kier molecular flexibility index (Phi) is 4.94. The van der Waals surface area contributed by atoms with Crippen molar-refractivity contribution in [3.8, 4) is 0 Å². The number of carbonyl (C=O) groups is 2. The second-order valence-electron chi connectivity index (χ2n) is 6.34. The van der Waals surface area contributed by atoms with E-state index in [2.05, 4.69) is 6.92 Å². The Hall–Kier alpha value is -1.78. The molecule has 2 rings (SSSR count). The molecule has 0 radical (unpaired) electrons. The van der Waals surface area contributed by atoms with E-state index in [0.717, 1.165) is 32.1 Å². The maximum absolute atomic E-state index is 12.8. The molecular weight excluding hydrogens is 282 g/mol. The van der Waals surface area contributed by atoms with Gasteiger partial charge in [0.1, 0.15) is 17.1 Å². The largest absolute Gasteiger partial charge is 0.478 e. The number of rotatable bonds is 5. The number of hydrogen-bond donors (Lipinski definition) is 1. The second kappa shape index (κ2) is 6.55. The van der Waals surface area contributed by atoms with Crippen LogP contribution in [0.1, 0.15) is 67.3 Å². The van der Waals surface area contributed by atoms with Crippen molar-refractivity contribution in [1.82, 2.24) is 4.90 Å². The Labute approximate surface area is 131 Å². The van der Waals surface area contributed by atoms with E-state index in [1.54, 1.807) is 18.9 Å². The molecule has 1 aliphatic rings. The van der Waals surface area contributed by atoms with Gasteiger partial charge < -0.3 is 14.4 Å². The molecule has 0 aliphatic heterocycles. The smallest absolute Gasteiger partial charge is 0.339 e. The summed E-state index contributed by atoms with van der Waals surface area (Å²) in [5.41, 5.74) is -0.0803. The average Bonchev–Trinajstić information content (AvgIpc) is 2.87. The number of hydrogen-bond acceptors (Lipinski definition) is 3.